The van der Waals surface area contributed by atoms with Crippen LogP contribution in [0.5, 0.6) is 5.75 Å². The second kappa shape index (κ2) is 8.03. The Balaban J connectivity index is 1.80. The summed E-state index contributed by atoms with van der Waals surface area (Å²) < 4.78 is 5.39. The van der Waals surface area contributed by atoms with Gasteiger partial charge in [0.25, 0.3) is 0 Å². The fourth-order valence-electron chi connectivity index (χ4n) is 2.89. The second-order valence-electron chi connectivity index (χ2n) is 5.77. The first kappa shape index (κ1) is 15.8. The van der Waals surface area contributed by atoms with Gasteiger partial charge in [-0.1, -0.05) is 6.92 Å². The summed E-state index contributed by atoms with van der Waals surface area (Å²) in [5.74, 6) is 2.04. The molecular weight excluding hydrogens is 264 g/mol. The van der Waals surface area contributed by atoms with Crippen LogP contribution in [-0.2, 0) is 4.79 Å². The van der Waals surface area contributed by atoms with Crippen molar-refractivity contribution in [3.05, 3.63) is 24.3 Å². The SMILES string of the molecule is CCOc1ccc(NC(=O)CC(C)C2CCNCC2)cc1. The van der Waals surface area contributed by atoms with Crippen molar-refractivity contribution in [1.29, 1.82) is 0 Å². The highest BCUT2D eigenvalue weighted by atomic mass is 16.5. The highest BCUT2D eigenvalue weighted by Gasteiger charge is 2.21. The normalized spacial score (nSPS) is 17.2. The lowest BCUT2D eigenvalue weighted by atomic mass is 9.84. The van der Waals surface area contributed by atoms with E-state index in [9.17, 15) is 4.79 Å². The Labute approximate surface area is 127 Å². The maximum absolute atomic E-state index is 12.1. The monoisotopic (exact) mass is 290 g/mol. The molecule has 2 N–H and O–H groups in total. The lowest BCUT2D eigenvalue weighted by molar-refractivity contribution is -0.117. The fourth-order valence-corrected chi connectivity index (χ4v) is 2.89. The second-order valence-corrected chi connectivity index (χ2v) is 5.77. The van der Waals surface area contributed by atoms with Gasteiger partial charge in [0.15, 0.2) is 0 Å². The van der Waals surface area contributed by atoms with E-state index in [0.29, 0.717) is 24.9 Å². The molecule has 0 bridgehead atoms. The number of amides is 1. The highest BCUT2D eigenvalue weighted by Crippen LogP contribution is 2.25. The van der Waals surface area contributed by atoms with Gasteiger partial charge in [0.2, 0.25) is 5.91 Å². The largest absolute Gasteiger partial charge is 0.494 e. The van der Waals surface area contributed by atoms with Crippen molar-refractivity contribution in [3.63, 3.8) is 0 Å². The van der Waals surface area contributed by atoms with Crippen LogP contribution in [0.25, 0.3) is 0 Å². The van der Waals surface area contributed by atoms with Crippen molar-refractivity contribution in [3.8, 4) is 5.75 Å². The van der Waals surface area contributed by atoms with Crippen molar-refractivity contribution < 1.29 is 9.53 Å². The average molecular weight is 290 g/mol. The molecule has 1 amide bonds. The lowest BCUT2D eigenvalue weighted by Gasteiger charge is -2.27. The number of hydrogen-bond acceptors (Lipinski definition) is 3. The molecule has 1 aromatic rings. The van der Waals surface area contributed by atoms with Crippen LogP contribution in [0.15, 0.2) is 24.3 Å². The van der Waals surface area contributed by atoms with Crippen LogP contribution < -0.4 is 15.4 Å². The van der Waals surface area contributed by atoms with Crippen molar-refractivity contribution in [1.82, 2.24) is 5.32 Å². The topological polar surface area (TPSA) is 50.4 Å². The summed E-state index contributed by atoms with van der Waals surface area (Å²) in [6, 6.07) is 7.54. The lowest BCUT2D eigenvalue weighted by Crippen LogP contribution is -2.32. The van der Waals surface area contributed by atoms with Crippen LogP contribution in [0, 0.1) is 11.8 Å². The number of piperidine rings is 1. The quantitative estimate of drug-likeness (QED) is 0.846. The van der Waals surface area contributed by atoms with Gasteiger partial charge in [0, 0.05) is 12.1 Å². The summed E-state index contributed by atoms with van der Waals surface area (Å²) in [6.45, 7) is 6.95. The molecule has 0 saturated carbocycles. The van der Waals surface area contributed by atoms with Gasteiger partial charge in [-0.05, 0) is 69.0 Å². The number of benzene rings is 1. The van der Waals surface area contributed by atoms with Gasteiger partial charge in [-0.2, -0.15) is 0 Å². The number of anilines is 1. The molecule has 116 valence electrons. The van der Waals surface area contributed by atoms with Gasteiger partial charge in [-0.25, -0.2) is 0 Å². The van der Waals surface area contributed by atoms with E-state index in [4.69, 9.17) is 4.74 Å². The molecule has 1 fully saturated rings. The van der Waals surface area contributed by atoms with Crippen LogP contribution in [0.3, 0.4) is 0 Å². The summed E-state index contributed by atoms with van der Waals surface area (Å²) in [7, 11) is 0. The van der Waals surface area contributed by atoms with E-state index in [1.807, 2.05) is 31.2 Å². The minimum Gasteiger partial charge on any atom is -0.494 e. The molecule has 0 aromatic heterocycles. The first-order chi connectivity index (χ1) is 10.2. The minimum absolute atomic E-state index is 0.102. The van der Waals surface area contributed by atoms with Crippen LogP contribution in [-0.4, -0.2) is 25.6 Å². The molecule has 0 radical (unpaired) electrons. The Morgan fingerprint density at radius 2 is 2.00 bits per heavy atom. The molecule has 1 atom stereocenters. The summed E-state index contributed by atoms with van der Waals surface area (Å²) in [4.78, 5) is 12.1. The third-order valence-electron chi connectivity index (χ3n) is 4.14. The van der Waals surface area contributed by atoms with Crippen molar-refractivity contribution in [2.45, 2.75) is 33.1 Å². The van der Waals surface area contributed by atoms with Gasteiger partial charge in [-0.15, -0.1) is 0 Å². The summed E-state index contributed by atoms with van der Waals surface area (Å²) >= 11 is 0. The third kappa shape index (κ3) is 5.05. The molecule has 1 aliphatic heterocycles. The number of carbonyl (C=O) groups is 1. The van der Waals surface area contributed by atoms with Gasteiger partial charge in [0.05, 0.1) is 6.61 Å². The first-order valence-corrected chi connectivity index (χ1v) is 7.92. The van der Waals surface area contributed by atoms with Gasteiger partial charge < -0.3 is 15.4 Å². The van der Waals surface area contributed by atoms with Gasteiger partial charge in [-0.3, -0.25) is 4.79 Å². The third-order valence-corrected chi connectivity index (χ3v) is 4.14. The Bertz CT molecular complexity index is 439. The van der Waals surface area contributed by atoms with Crippen LogP contribution in [0.1, 0.15) is 33.1 Å². The molecule has 1 saturated heterocycles. The zero-order chi connectivity index (χ0) is 15.1. The molecule has 21 heavy (non-hydrogen) atoms. The number of carbonyl (C=O) groups excluding carboxylic acids is 1. The van der Waals surface area contributed by atoms with Crippen molar-refractivity contribution in [2.75, 3.05) is 25.0 Å². The first-order valence-electron chi connectivity index (χ1n) is 7.92. The molecule has 4 nitrogen and oxygen atoms in total. The van der Waals surface area contributed by atoms with Crippen LogP contribution in [0.4, 0.5) is 5.69 Å². The Morgan fingerprint density at radius 3 is 2.62 bits per heavy atom. The number of ether oxygens (including phenoxy) is 1. The summed E-state index contributed by atoms with van der Waals surface area (Å²) in [5.41, 5.74) is 0.834. The predicted octanol–water partition coefficient (Wildman–Crippen LogP) is 3.05. The molecule has 0 spiro atoms. The number of nitrogens with one attached hydrogen (secondary N) is 2. The number of hydrogen-bond donors (Lipinski definition) is 2. The standard InChI is InChI=1S/C17H26N2O2/c1-3-21-16-6-4-15(5-7-16)19-17(20)12-13(2)14-8-10-18-11-9-14/h4-7,13-14,18H,3,8-12H2,1-2H3,(H,19,20). The molecule has 2 rings (SSSR count). The molecule has 0 aliphatic carbocycles. The predicted molar refractivity (Wildman–Crippen MR) is 85.6 cm³/mol. The highest BCUT2D eigenvalue weighted by molar-refractivity contribution is 5.90. The Kier molecular flexibility index (Phi) is 6.05. The molecule has 1 unspecified atom stereocenters. The van der Waals surface area contributed by atoms with E-state index in [1.54, 1.807) is 0 Å². The van der Waals surface area contributed by atoms with E-state index in [1.165, 1.54) is 12.8 Å². The maximum atomic E-state index is 12.1. The van der Waals surface area contributed by atoms with E-state index in [0.717, 1.165) is 24.5 Å². The average Bonchev–Trinajstić information content (AvgIpc) is 2.50. The molecule has 1 heterocycles. The van der Waals surface area contributed by atoms with E-state index in [2.05, 4.69) is 17.6 Å². The van der Waals surface area contributed by atoms with E-state index >= 15 is 0 Å². The fraction of sp³-hybridized carbons (Fsp3) is 0.588. The van der Waals surface area contributed by atoms with E-state index < -0.39 is 0 Å². The molecular formula is C17H26N2O2. The summed E-state index contributed by atoms with van der Waals surface area (Å²) in [5, 5.41) is 6.34. The molecule has 1 aromatic carbocycles. The zero-order valence-corrected chi connectivity index (χ0v) is 13.0. The number of rotatable bonds is 6. The Hall–Kier alpha value is -1.55. The van der Waals surface area contributed by atoms with Crippen molar-refractivity contribution >= 4 is 11.6 Å². The Morgan fingerprint density at radius 1 is 1.33 bits per heavy atom. The van der Waals surface area contributed by atoms with Gasteiger partial charge >= 0.3 is 0 Å². The van der Waals surface area contributed by atoms with Crippen LogP contribution in [0.2, 0.25) is 0 Å². The smallest absolute Gasteiger partial charge is 0.224 e. The maximum Gasteiger partial charge on any atom is 0.224 e. The minimum atomic E-state index is 0.102. The van der Waals surface area contributed by atoms with Crippen LogP contribution >= 0.6 is 0 Å². The summed E-state index contributed by atoms with van der Waals surface area (Å²) in [6.07, 6.45) is 2.95. The zero-order valence-electron chi connectivity index (χ0n) is 13.0. The van der Waals surface area contributed by atoms with E-state index in [-0.39, 0.29) is 5.91 Å². The van der Waals surface area contributed by atoms with Gasteiger partial charge in [0.1, 0.15) is 5.75 Å². The molecule has 1 aliphatic rings. The van der Waals surface area contributed by atoms with Crippen molar-refractivity contribution in [2.24, 2.45) is 11.8 Å². The molecule has 4 heteroatoms.